The van der Waals surface area contributed by atoms with Crippen molar-refractivity contribution in [2.45, 2.75) is 114 Å². The lowest BCUT2D eigenvalue weighted by Gasteiger charge is -2.46. The number of carbonyl (C=O) groups is 4. The molecule has 1 spiro atoms. The van der Waals surface area contributed by atoms with Gasteiger partial charge in [0.15, 0.2) is 0 Å². The fraction of sp³-hybridized carbons (Fsp3) is 0.500. The van der Waals surface area contributed by atoms with Crippen LogP contribution in [0, 0.1) is 5.92 Å². The van der Waals surface area contributed by atoms with Crippen LogP contribution in [0.2, 0.25) is 0 Å². The molecule has 320 valence electrons. The van der Waals surface area contributed by atoms with E-state index < -0.39 is 41.8 Å². The Hall–Kier alpha value is -5.80. The van der Waals surface area contributed by atoms with Crippen molar-refractivity contribution in [1.82, 2.24) is 40.4 Å². The summed E-state index contributed by atoms with van der Waals surface area (Å²) in [5.41, 5.74) is 4.68. The van der Waals surface area contributed by atoms with Crippen LogP contribution in [-0.4, -0.2) is 98.0 Å². The molecule has 4 amide bonds. The van der Waals surface area contributed by atoms with Crippen LogP contribution in [0.4, 0.5) is 18.4 Å². The first-order valence-corrected chi connectivity index (χ1v) is 20.8. The molecule has 14 nitrogen and oxygen atoms in total. The predicted octanol–water partition coefficient (Wildman–Crippen LogP) is 7.92. The quantitative estimate of drug-likeness (QED) is 0.118. The zero-order valence-corrected chi connectivity index (χ0v) is 34.7. The van der Waals surface area contributed by atoms with Gasteiger partial charge in [0.1, 0.15) is 23.7 Å². The van der Waals surface area contributed by atoms with Gasteiger partial charge < -0.3 is 39.9 Å². The summed E-state index contributed by atoms with van der Waals surface area (Å²) in [5.74, 6) is -2.10. The number of ether oxygens (including phenoxy) is 2. The third kappa shape index (κ3) is 8.59. The average molecular weight is 829 g/mol. The average Bonchev–Trinajstić information content (AvgIpc) is 4.09. The number of hydrogen-bond acceptors (Lipinski definition) is 8. The number of carbonyl (C=O) groups excluding carboxylic acids is 4. The Morgan fingerprint density at radius 2 is 1.27 bits per heavy atom. The first kappa shape index (κ1) is 42.3. The Labute approximate surface area is 348 Å². The van der Waals surface area contributed by atoms with E-state index in [1.807, 2.05) is 62.4 Å². The number of benzene rings is 2. The van der Waals surface area contributed by atoms with Gasteiger partial charge in [-0.05, 0) is 73.1 Å². The number of rotatable bonds is 11. The Bertz CT molecular complexity index is 2160. The number of hydrogen-bond donors (Lipinski definition) is 4. The second kappa shape index (κ2) is 17.4. The van der Waals surface area contributed by atoms with Crippen LogP contribution < -0.4 is 10.6 Å². The molecule has 0 bridgehead atoms. The Balaban J connectivity index is 1.04. The molecule has 2 aliphatic heterocycles. The molecule has 3 aliphatic rings. The van der Waals surface area contributed by atoms with Crippen molar-refractivity contribution in [3.8, 4) is 33.6 Å². The summed E-state index contributed by atoms with van der Waals surface area (Å²) in [5, 5.41) is 5.32. The van der Waals surface area contributed by atoms with Crippen molar-refractivity contribution in [1.29, 1.82) is 0 Å². The molecule has 3 fully saturated rings. The first-order valence-electron chi connectivity index (χ1n) is 20.8. The number of aromatic nitrogens is 4. The van der Waals surface area contributed by atoms with Gasteiger partial charge in [0.2, 0.25) is 17.7 Å². The van der Waals surface area contributed by atoms with Gasteiger partial charge in [-0.2, -0.15) is 0 Å². The molecule has 4 heterocycles. The SMILES string of the molecule is CC[C@H](NC(=O)OC)C(=O)N1C(c2ncc(-c3ccc(-c4ccc(-c5cnc([C@@H]6CCCN6C(=O)C(NC(=O)OC)C(C)C)[nH]5)cc4)cc3)[nH]2)CCC12CCC(F)(F)CC2. The summed E-state index contributed by atoms with van der Waals surface area (Å²) in [4.78, 5) is 71.5. The maximum absolute atomic E-state index is 14.4. The third-order valence-electron chi connectivity index (χ3n) is 12.5. The van der Waals surface area contributed by atoms with Crippen LogP contribution in [0.25, 0.3) is 33.6 Å². The zero-order chi connectivity index (χ0) is 42.8. The summed E-state index contributed by atoms with van der Waals surface area (Å²) in [6.45, 7) is 6.14. The highest BCUT2D eigenvalue weighted by molar-refractivity contribution is 5.87. The zero-order valence-electron chi connectivity index (χ0n) is 34.7. The van der Waals surface area contributed by atoms with E-state index in [2.05, 4.69) is 25.6 Å². The molecule has 1 saturated carbocycles. The molecule has 2 unspecified atom stereocenters. The lowest BCUT2D eigenvalue weighted by atomic mass is 9.78. The smallest absolute Gasteiger partial charge is 0.407 e. The van der Waals surface area contributed by atoms with Gasteiger partial charge in [0.05, 0.1) is 50.1 Å². The Morgan fingerprint density at radius 3 is 1.78 bits per heavy atom. The molecular weight excluding hydrogens is 775 g/mol. The topological polar surface area (TPSA) is 175 Å². The maximum Gasteiger partial charge on any atom is 0.407 e. The van der Waals surface area contributed by atoms with E-state index >= 15 is 0 Å². The van der Waals surface area contributed by atoms with Gasteiger partial charge in [-0.3, -0.25) is 9.59 Å². The van der Waals surface area contributed by atoms with Crippen molar-refractivity contribution in [3.63, 3.8) is 0 Å². The number of imidazole rings is 2. The molecule has 1 aliphatic carbocycles. The number of alkyl carbamates (subject to hydrolysis) is 2. The molecular formula is C44H54F2N8O6. The molecule has 7 rings (SSSR count). The number of H-pyrrole nitrogens is 2. The standard InChI is InChI=1S/C44H54F2N8O6/c1-6-31(51-41(57)59-4)39(55)54-35(17-18-43(54)19-21-44(45,46)22-20-43)38-48-25-33(50-38)30-15-11-28(12-16-30)27-9-13-29(14-10-27)32-24-47-37(49-32)34-8-7-23-53(34)40(56)36(26(2)3)52-42(58)60-5/h9-16,24-26,31,34-36H,6-8,17-23H2,1-5H3,(H,47,49)(H,48,50)(H,51,57)(H,52,58)/t31-,34-,35?,36?/m0/s1. The number of nitrogens with one attached hydrogen (secondary N) is 4. The van der Waals surface area contributed by atoms with Gasteiger partial charge in [-0.1, -0.05) is 69.3 Å². The van der Waals surface area contributed by atoms with Crippen LogP contribution in [0.3, 0.4) is 0 Å². The number of aromatic amines is 2. The van der Waals surface area contributed by atoms with E-state index in [4.69, 9.17) is 14.5 Å². The van der Waals surface area contributed by atoms with Gasteiger partial charge in [-0.25, -0.2) is 28.3 Å². The minimum absolute atomic E-state index is 0.124. The molecule has 4 atom stereocenters. The summed E-state index contributed by atoms with van der Waals surface area (Å²) in [6, 6.07) is 13.9. The number of amides is 4. The van der Waals surface area contributed by atoms with Gasteiger partial charge in [-0.15, -0.1) is 0 Å². The first-order chi connectivity index (χ1) is 28.8. The van der Waals surface area contributed by atoms with E-state index in [1.165, 1.54) is 14.2 Å². The highest BCUT2D eigenvalue weighted by atomic mass is 19.3. The summed E-state index contributed by atoms with van der Waals surface area (Å²) < 4.78 is 38.3. The molecule has 0 radical (unpaired) electrons. The molecule has 60 heavy (non-hydrogen) atoms. The minimum atomic E-state index is -2.77. The summed E-state index contributed by atoms with van der Waals surface area (Å²) in [6.07, 6.45) is 4.92. The highest BCUT2D eigenvalue weighted by Crippen LogP contribution is 2.52. The van der Waals surface area contributed by atoms with Crippen LogP contribution in [-0.2, 0) is 19.1 Å². The van der Waals surface area contributed by atoms with Crippen molar-refractivity contribution in [2.24, 2.45) is 5.92 Å². The van der Waals surface area contributed by atoms with Crippen LogP contribution in [0.1, 0.15) is 102 Å². The highest BCUT2D eigenvalue weighted by Gasteiger charge is 2.55. The third-order valence-corrected chi connectivity index (χ3v) is 12.5. The van der Waals surface area contributed by atoms with Crippen molar-refractivity contribution < 1.29 is 37.4 Å². The molecule has 2 aromatic carbocycles. The number of likely N-dealkylation sites (tertiary alicyclic amines) is 2. The van der Waals surface area contributed by atoms with E-state index in [0.717, 1.165) is 46.5 Å². The second-order valence-corrected chi connectivity index (χ2v) is 16.5. The maximum atomic E-state index is 14.4. The normalized spacial score (nSPS) is 20.5. The van der Waals surface area contributed by atoms with Crippen LogP contribution in [0.5, 0.6) is 0 Å². The number of halogens is 2. The van der Waals surface area contributed by atoms with Gasteiger partial charge in [0.25, 0.3) is 0 Å². The molecule has 2 saturated heterocycles. The summed E-state index contributed by atoms with van der Waals surface area (Å²) >= 11 is 0. The molecule has 2 aromatic heterocycles. The lowest BCUT2D eigenvalue weighted by molar-refractivity contribution is -0.146. The van der Waals surface area contributed by atoms with Crippen LogP contribution >= 0.6 is 0 Å². The number of methoxy groups -OCH3 is 2. The van der Waals surface area contributed by atoms with Gasteiger partial charge >= 0.3 is 12.2 Å². The van der Waals surface area contributed by atoms with Crippen molar-refractivity contribution in [2.75, 3.05) is 20.8 Å². The van der Waals surface area contributed by atoms with Crippen LogP contribution in [0.15, 0.2) is 60.9 Å². The monoisotopic (exact) mass is 828 g/mol. The van der Waals surface area contributed by atoms with Crippen molar-refractivity contribution in [3.05, 3.63) is 72.6 Å². The Morgan fingerprint density at radius 1 is 0.750 bits per heavy atom. The lowest BCUT2D eigenvalue weighted by Crippen LogP contribution is -2.57. The fourth-order valence-corrected chi connectivity index (χ4v) is 9.09. The molecule has 4 aromatic rings. The second-order valence-electron chi connectivity index (χ2n) is 16.5. The van der Waals surface area contributed by atoms with E-state index in [0.29, 0.717) is 37.5 Å². The number of alkyl halides is 2. The molecule has 16 heteroatoms. The Kier molecular flexibility index (Phi) is 12.3. The summed E-state index contributed by atoms with van der Waals surface area (Å²) in [7, 11) is 2.51. The van der Waals surface area contributed by atoms with E-state index in [9.17, 15) is 28.0 Å². The largest absolute Gasteiger partial charge is 0.453 e. The van der Waals surface area contributed by atoms with Crippen molar-refractivity contribution >= 4 is 24.0 Å². The minimum Gasteiger partial charge on any atom is -0.453 e. The van der Waals surface area contributed by atoms with E-state index in [1.54, 1.807) is 29.1 Å². The van der Waals surface area contributed by atoms with E-state index in [-0.39, 0.29) is 49.5 Å². The predicted molar refractivity (Wildman–Crippen MR) is 219 cm³/mol. The van der Waals surface area contributed by atoms with Gasteiger partial charge in [0, 0.05) is 24.9 Å². The fourth-order valence-electron chi connectivity index (χ4n) is 9.09. The number of nitrogens with zero attached hydrogens (tertiary/aromatic N) is 4. The molecule has 4 N–H and O–H groups in total.